The third kappa shape index (κ3) is 5.45. The van der Waals surface area contributed by atoms with Crippen LogP contribution in [0, 0.1) is 0 Å². The molecule has 8 rings (SSSR count). The minimum atomic E-state index is -0.135. The van der Waals surface area contributed by atoms with Crippen LogP contribution in [0.4, 0.5) is 0 Å². The number of nitrogens with zero attached hydrogens (tertiary/aromatic N) is 4. The lowest BCUT2D eigenvalue weighted by atomic mass is 9.84. The Hall–Kier alpha value is -5.68. The minimum absolute atomic E-state index is 0.00226. The van der Waals surface area contributed by atoms with Gasteiger partial charge in [-0.05, 0) is 76.6 Å². The molecule has 0 saturated carbocycles. The summed E-state index contributed by atoms with van der Waals surface area (Å²) in [4.78, 5) is 4.91. The zero-order chi connectivity index (χ0) is 33.9. The first-order chi connectivity index (χ1) is 23.6. The molecule has 5 nitrogen and oxygen atoms in total. The van der Waals surface area contributed by atoms with Crippen molar-refractivity contribution in [3.8, 4) is 28.7 Å². The van der Waals surface area contributed by atoms with Crippen LogP contribution in [0.25, 0.3) is 50.0 Å². The molecule has 8 aromatic rings. The van der Waals surface area contributed by atoms with E-state index < -0.39 is 0 Å². The maximum absolute atomic E-state index is 6.80. The zero-order valence-electron chi connectivity index (χ0n) is 29.0. The van der Waals surface area contributed by atoms with Crippen LogP contribution in [0.2, 0.25) is 0 Å². The van der Waals surface area contributed by atoms with Gasteiger partial charge in [-0.3, -0.25) is 4.57 Å². The Morgan fingerprint density at radius 2 is 1.20 bits per heavy atom. The molecule has 0 radical (unpaired) electrons. The van der Waals surface area contributed by atoms with Gasteiger partial charge in [0.05, 0.1) is 11.0 Å². The van der Waals surface area contributed by atoms with E-state index in [9.17, 15) is 0 Å². The molecule has 0 aliphatic rings. The van der Waals surface area contributed by atoms with E-state index in [0.29, 0.717) is 0 Å². The van der Waals surface area contributed by atoms with Gasteiger partial charge in [-0.2, -0.15) is 9.13 Å². The Labute approximate surface area is 287 Å². The van der Waals surface area contributed by atoms with E-state index in [1.54, 1.807) is 0 Å². The number of aromatic nitrogens is 4. The number of benzene rings is 5. The first-order valence-electron chi connectivity index (χ1n) is 17.0. The fraction of sp³-hybridized carbons (Fsp3) is 0.182. The number of hydrogen-bond donors (Lipinski definition) is 0. The fourth-order valence-electron chi connectivity index (χ4n) is 6.92. The molecular weight excluding hydrogens is 601 g/mol. The molecule has 0 fully saturated rings. The van der Waals surface area contributed by atoms with Gasteiger partial charge >= 0.3 is 0 Å². The van der Waals surface area contributed by atoms with Gasteiger partial charge < -0.3 is 4.74 Å². The third-order valence-electron chi connectivity index (χ3n) is 9.39. The summed E-state index contributed by atoms with van der Waals surface area (Å²) in [7, 11) is 0. The zero-order valence-corrected chi connectivity index (χ0v) is 29.0. The summed E-state index contributed by atoms with van der Waals surface area (Å²) >= 11 is 0. The van der Waals surface area contributed by atoms with E-state index in [1.807, 2.05) is 18.3 Å². The lowest BCUT2D eigenvalue weighted by molar-refractivity contribution is 0.479. The summed E-state index contributed by atoms with van der Waals surface area (Å²) in [5, 5.41) is 2.45. The van der Waals surface area contributed by atoms with E-state index in [1.165, 1.54) is 21.9 Å². The van der Waals surface area contributed by atoms with Crippen LogP contribution in [0.1, 0.15) is 52.7 Å². The van der Waals surface area contributed by atoms with Crippen LogP contribution in [0.3, 0.4) is 0 Å². The average molecular weight is 642 g/mol. The van der Waals surface area contributed by atoms with E-state index in [-0.39, 0.29) is 10.8 Å². The number of para-hydroxylation sites is 4. The molecule has 242 valence electrons. The SMILES string of the molecule is CC(C)(C)c1ccnc(-n2c3ccccc3c3c(C(C)(C)C)cc(Oc4cccc(-n5[cH+]n(-c6ccccc6)c6ccccc65)c4)cc32)c1. The lowest BCUT2D eigenvalue weighted by Gasteiger charge is -2.22. The highest BCUT2D eigenvalue weighted by Gasteiger charge is 2.25. The van der Waals surface area contributed by atoms with Crippen LogP contribution in [0.15, 0.2) is 140 Å². The smallest absolute Gasteiger partial charge is 0.168 e. The standard InChI is InChI=1S/C44H41N4O/c1-43(2,3)30-23-24-45-41(25-30)48-37-20-11-10-19-35(37)42-36(44(4,5)6)27-34(28-40(42)48)49-33-18-14-17-32(26-33)47-29-46(31-15-8-7-9-16-31)38-21-12-13-22-39(38)47/h7-29H,1-6H3/q+1. The summed E-state index contributed by atoms with van der Waals surface area (Å²) in [5.74, 6) is 2.47. The minimum Gasteiger partial charge on any atom is -0.456 e. The number of pyridine rings is 1. The van der Waals surface area contributed by atoms with Crippen molar-refractivity contribution >= 4 is 32.8 Å². The van der Waals surface area contributed by atoms with Crippen molar-refractivity contribution in [2.24, 2.45) is 0 Å². The van der Waals surface area contributed by atoms with Gasteiger partial charge in [-0.25, -0.2) is 4.98 Å². The van der Waals surface area contributed by atoms with Crippen LogP contribution >= 0.6 is 0 Å². The molecule has 0 N–H and O–H groups in total. The number of fused-ring (bicyclic) bond motifs is 4. The number of imidazole rings is 1. The average Bonchev–Trinajstić information content (AvgIpc) is 3.64. The van der Waals surface area contributed by atoms with Crippen molar-refractivity contribution in [2.45, 2.75) is 52.4 Å². The molecule has 0 bridgehead atoms. The maximum atomic E-state index is 6.80. The van der Waals surface area contributed by atoms with Crippen molar-refractivity contribution in [3.05, 3.63) is 151 Å². The van der Waals surface area contributed by atoms with Gasteiger partial charge in [-0.15, -0.1) is 0 Å². The molecule has 0 spiro atoms. The number of rotatable bonds is 5. The molecule has 3 heterocycles. The third-order valence-corrected chi connectivity index (χ3v) is 9.39. The van der Waals surface area contributed by atoms with Crippen molar-refractivity contribution in [1.82, 2.24) is 18.7 Å². The lowest BCUT2D eigenvalue weighted by Crippen LogP contribution is -2.13. The molecular formula is C44H41N4O+. The second-order valence-corrected chi connectivity index (χ2v) is 14.9. The van der Waals surface area contributed by atoms with E-state index in [2.05, 4.69) is 177 Å². The quantitative estimate of drug-likeness (QED) is 0.175. The largest absolute Gasteiger partial charge is 0.456 e. The molecule has 0 amide bonds. The Kier molecular flexibility index (Phi) is 7.18. The Balaban J connectivity index is 1.28. The molecule has 3 aromatic heterocycles. The molecule has 49 heavy (non-hydrogen) atoms. The van der Waals surface area contributed by atoms with Gasteiger partial charge in [0, 0.05) is 41.2 Å². The van der Waals surface area contributed by atoms with Gasteiger partial charge in [0.25, 0.3) is 0 Å². The van der Waals surface area contributed by atoms with Crippen LogP contribution < -0.4 is 4.74 Å². The summed E-state index contributed by atoms with van der Waals surface area (Å²) in [6, 6.07) is 44.7. The second kappa shape index (κ2) is 11.5. The molecule has 0 saturated heterocycles. The normalized spacial score (nSPS) is 12.3. The molecule has 0 aliphatic heterocycles. The number of ether oxygens (including phenoxy) is 1. The van der Waals surface area contributed by atoms with Crippen molar-refractivity contribution < 1.29 is 4.74 Å². The monoisotopic (exact) mass is 641 g/mol. The number of hydrogen-bond acceptors (Lipinski definition) is 2. The highest BCUT2D eigenvalue weighted by atomic mass is 16.5. The Bertz CT molecular complexity index is 2490. The highest BCUT2D eigenvalue weighted by molar-refractivity contribution is 6.11. The van der Waals surface area contributed by atoms with E-state index in [4.69, 9.17) is 9.72 Å². The first-order valence-corrected chi connectivity index (χ1v) is 17.0. The predicted molar refractivity (Wildman–Crippen MR) is 203 cm³/mol. The summed E-state index contributed by atoms with van der Waals surface area (Å²) in [5.41, 5.74) is 8.95. The first kappa shape index (κ1) is 30.6. The summed E-state index contributed by atoms with van der Waals surface area (Å²) in [6.07, 6.45) is 4.08. The fourth-order valence-corrected chi connectivity index (χ4v) is 6.92. The molecule has 5 aromatic carbocycles. The van der Waals surface area contributed by atoms with Gasteiger partial charge in [0.15, 0.2) is 17.4 Å². The Morgan fingerprint density at radius 3 is 1.92 bits per heavy atom. The maximum Gasteiger partial charge on any atom is 0.168 e. The predicted octanol–water partition coefficient (Wildman–Crippen LogP) is 11.6. The second-order valence-electron chi connectivity index (χ2n) is 14.9. The van der Waals surface area contributed by atoms with Crippen LogP contribution in [-0.2, 0) is 10.8 Å². The van der Waals surface area contributed by atoms with Gasteiger partial charge in [0.2, 0.25) is 0 Å². The van der Waals surface area contributed by atoms with Crippen LogP contribution in [-0.4, -0.2) is 18.7 Å². The van der Waals surface area contributed by atoms with Crippen molar-refractivity contribution in [3.63, 3.8) is 0 Å². The molecule has 0 aliphatic carbocycles. The van der Waals surface area contributed by atoms with Gasteiger partial charge in [0.1, 0.15) is 28.7 Å². The van der Waals surface area contributed by atoms with E-state index in [0.717, 1.165) is 50.8 Å². The van der Waals surface area contributed by atoms with E-state index >= 15 is 0 Å². The van der Waals surface area contributed by atoms with Crippen molar-refractivity contribution in [2.75, 3.05) is 0 Å². The molecule has 0 atom stereocenters. The molecule has 5 heteroatoms. The Morgan fingerprint density at radius 1 is 0.551 bits per heavy atom. The van der Waals surface area contributed by atoms with Crippen molar-refractivity contribution in [1.29, 1.82) is 0 Å². The molecule has 0 unspecified atom stereocenters. The topological polar surface area (TPSA) is 36.9 Å². The highest BCUT2D eigenvalue weighted by Crippen LogP contribution is 2.42. The summed E-state index contributed by atoms with van der Waals surface area (Å²) < 4.78 is 13.6. The van der Waals surface area contributed by atoms with Crippen LogP contribution in [0.5, 0.6) is 11.5 Å². The van der Waals surface area contributed by atoms with Gasteiger partial charge in [-0.1, -0.05) is 90.1 Å². The summed E-state index contributed by atoms with van der Waals surface area (Å²) in [6.45, 7) is 13.6.